The first-order valence-corrected chi connectivity index (χ1v) is 4.81. The molecule has 3 nitrogen and oxygen atoms in total. The molecule has 0 unspecified atom stereocenters. The van der Waals surface area contributed by atoms with E-state index in [9.17, 15) is 9.90 Å². The zero-order chi connectivity index (χ0) is 9.97. The Bertz CT molecular complexity index is 349. The largest absolute Gasteiger partial charge is 0.508 e. The van der Waals surface area contributed by atoms with Gasteiger partial charge in [0.2, 0.25) is 5.91 Å². The average Bonchev–Trinajstić information content (AvgIpc) is 2.18. The maximum Gasteiger partial charge on any atom is 0.220 e. The molecule has 1 fully saturated rings. The van der Waals surface area contributed by atoms with Crippen LogP contribution in [0.2, 0.25) is 0 Å². The van der Waals surface area contributed by atoms with Crippen LogP contribution < -0.4 is 5.32 Å². The molecule has 2 N–H and O–H groups in total. The average molecular weight is 191 g/mol. The number of hydrogen-bond acceptors (Lipinski definition) is 2. The monoisotopic (exact) mass is 191 g/mol. The minimum absolute atomic E-state index is 0.101. The molecule has 0 spiro atoms. The van der Waals surface area contributed by atoms with Crippen molar-refractivity contribution < 1.29 is 9.90 Å². The number of aromatic hydroxyl groups is 1. The normalized spacial score (nSPS) is 21.7. The first-order valence-electron chi connectivity index (χ1n) is 4.81. The summed E-state index contributed by atoms with van der Waals surface area (Å²) in [6.45, 7) is 0.735. The van der Waals surface area contributed by atoms with Crippen molar-refractivity contribution in [3.8, 4) is 5.75 Å². The second-order valence-corrected chi connectivity index (χ2v) is 3.63. The number of hydrogen-bond donors (Lipinski definition) is 2. The molecular formula is C11H13NO2. The predicted octanol–water partition coefficient (Wildman–Crippen LogP) is 1.39. The van der Waals surface area contributed by atoms with E-state index in [2.05, 4.69) is 5.32 Å². The molecule has 1 aliphatic heterocycles. The Kier molecular flexibility index (Phi) is 2.39. The lowest BCUT2D eigenvalue weighted by Crippen LogP contribution is -2.32. The van der Waals surface area contributed by atoms with Crippen molar-refractivity contribution in [2.45, 2.75) is 18.8 Å². The number of amides is 1. The smallest absolute Gasteiger partial charge is 0.220 e. The van der Waals surface area contributed by atoms with Crippen molar-refractivity contribution in [1.82, 2.24) is 5.32 Å². The summed E-state index contributed by atoms with van der Waals surface area (Å²) in [6.07, 6.45) is 1.48. The molecule has 1 amide bonds. The molecule has 1 heterocycles. The van der Waals surface area contributed by atoms with Crippen LogP contribution >= 0.6 is 0 Å². The number of nitrogens with one attached hydrogen (secondary N) is 1. The van der Waals surface area contributed by atoms with Crippen molar-refractivity contribution in [1.29, 1.82) is 0 Å². The summed E-state index contributed by atoms with van der Waals surface area (Å²) in [5.41, 5.74) is 1.06. The maximum atomic E-state index is 11.2. The minimum atomic E-state index is 0.101. The Morgan fingerprint density at radius 2 is 2.29 bits per heavy atom. The van der Waals surface area contributed by atoms with E-state index >= 15 is 0 Å². The zero-order valence-corrected chi connectivity index (χ0v) is 7.86. The first-order chi connectivity index (χ1) is 6.75. The van der Waals surface area contributed by atoms with Crippen LogP contribution in [0.15, 0.2) is 24.3 Å². The van der Waals surface area contributed by atoms with Crippen molar-refractivity contribution >= 4 is 5.91 Å². The van der Waals surface area contributed by atoms with Crippen molar-refractivity contribution in [3.05, 3.63) is 29.8 Å². The van der Waals surface area contributed by atoms with Crippen LogP contribution in [-0.4, -0.2) is 17.6 Å². The van der Waals surface area contributed by atoms with E-state index in [0.717, 1.165) is 18.5 Å². The molecule has 2 rings (SSSR count). The minimum Gasteiger partial charge on any atom is -0.508 e. The van der Waals surface area contributed by atoms with E-state index in [4.69, 9.17) is 0 Å². The van der Waals surface area contributed by atoms with E-state index in [0.29, 0.717) is 6.42 Å². The Hall–Kier alpha value is -1.51. The van der Waals surface area contributed by atoms with Crippen LogP contribution in [-0.2, 0) is 4.79 Å². The highest BCUT2D eigenvalue weighted by Crippen LogP contribution is 2.27. The fraction of sp³-hybridized carbons (Fsp3) is 0.364. The van der Waals surface area contributed by atoms with Gasteiger partial charge in [-0.1, -0.05) is 12.1 Å². The summed E-state index contributed by atoms with van der Waals surface area (Å²) in [5, 5.41) is 12.1. The highest BCUT2D eigenvalue weighted by Gasteiger charge is 2.20. The molecule has 3 heteroatoms. The predicted molar refractivity (Wildman–Crippen MR) is 53.1 cm³/mol. The Labute approximate surface area is 82.8 Å². The van der Waals surface area contributed by atoms with Gasteiger partial charge in [-0.25, -0.2) is 0 Å². The van der Waals surface area contributed by atoms with E-state index in [1.807, 2.05) is 12.1 Å². The van der Waals surface area contributed by atoms with Gasteiger partial charge in [0.15, 0.2) is 0 Å². The van der Waals surface area contributed by atoms with Crippen LogP contribution in [0.5, 0.6) is 5.75 Å². The van der Waals surface area contributed by atoms with Crippen molar-refractivity contribution in [3.63, 3.8) is 0 Å². The molecule has 0 radical (unpaired) electrons. The Morgan fingerprint density at radius 3 is 3.00 bits per heavy atom. The van der Waals surface area contributed by atoms with Gasteiger partial charge in [-0.15, -0.1) is 0 Å². The van der Waals surface area contributed by atoms with Crippen LogP contribution in [0.1, 0.15) is 24.3 Å². The van der Waals surface area contributed by atoms with Crippen LogP contribution in [0.3, 0.4) is 0 Å². The fourth-order valence-electron chi connectivity index (χ4n) is 1.85. The van der Waals surface area contributed by atoms with Gasteiger partial charge in [0.05, 0.1) is 0 Å². The highest BCUT2D eigenvalue weighted by molar-refractivity contribution is 5.77. The molecule has 0 aliphatic carbocycles. The van der Waals surface area contributed by atoms with E-state index in [-0.39, 0.29) is 17.6 Å². The third-order valence-corrected chi connectivity index (χ3v) is 2.59. The van der Waals surface area contributed by atoms with Gasteiger partial charge in [0.25, 0.3) is 0 Å². The van der Waals surface area contributed by atoms with Gasteiger partial charge in [-0.3, -0.25) is 4.79 Å². The molecule has 0 bridgehead atoms. The summed E-state index contributed by atoms with van der Waals surface area (Å²) < 4.78 is 0. The van der Waals surface area contributed by atoms with Gasteiger partial charge in [0, 0.05) is 13.0 Å². The lowest BCUT2D eigenvalue weighted by atomic mass is 9.90. The summed E-state index contributed by atoms with van der Waals surface area (Å²) in [5.74, 6) is 0.633. The Balaban J connectivity index is 2.17. The number of carbonyl (C=O) groups is 1. The summed E-state index contributed by atoms with van der Waals surface area (Å²) in [4.78, 5) is 11.2. The lowest BCUT2D eigenvalue weighted by molar-refractivity contribution is -0.122. The molecule has 1 aliphatic rings. The topological polar surface area (TPSA) is 49.3 Å². The highest BCUT2D eigenvalue weighted by atomic mass is 16.3. The summed E-state index contributed by atoms with van der Waals surface area (Å²) >= 11 is 0. The zero-order valence-electron chi connectivity index (χ0n) is 7.86. The molecule has 0 aromatic heterocycles. The molecular weight excluding hydrogens is 178 g/mol. The molecule has 1 saturated heterocycles. The maximum absolute atomic E-state index is 11.2. The van der Waals surface area contributed by atoms with Gasteiger partial charge >= 0.3 is 0 Å². The second kappa shape index (κ2) is 3.70. The standard InChI is InChI=1S/C11H13NO2/c13-10-3-1-2-8(6-10)9-4-5-12-11(14)7-9/h1-3,6,9,13H,4-5,7H2,(H,12,14)/t9-/m1/s1. The molecule has 74 valence electrons. The second-order valence-electron chi connectivity index (χ2n) is 3.63. The number of phenols is 1. The van der Waals surface area contributed by atoms with Gasteiger partial charge in [-0.2, -0.15) is 0 Å². The van der Waals surface area contributed by atoms with Gasteiger partial charge in [-0.05, 0) is 30.0 Å². The van der Waals surface area contributed by atoms with Crippen LogP contribution in [0.25, 0.3) is 0 Å². The van der Waals surface area contributed by atoms with Crippen LogP contribution in [0.4, 0.5) is 0 Å². The van der Waals surface area contributed by atoms with Gasteiger partial charge in [0.1, 0.15) is 5.75 Å². The van der Waals surface area contributed by atoms with Crippen molar-refractivity contribution in [2.75, 3.05) is 6.54 Å². The summed E-state index contributed by atoms with van der Waals surface area (Å²) in [6, 6.07) is 7.16. The number of piperidine rings is 1. The third-order valence-electron chi connectivity index (χ3n) is 2.59. The van der Waals surface area contributed by atoms with Crippen LogP contribution in [0, 0.1) is 0 Å². The van der Waals surface area contributed by atoms with E-state index < -0.39 is 0 Å². The van der Waals surface area contributed by atoms with E-state index in [1.165, 1.54) is 0 Å². The molecule has 1 aromatic carbocycles. The number of benzene rings is 1. The lowest BCUT2D eigenvalue weighted by Gasteiger charge is -2.22. The molecule has 0 saturated carbocycles. The third kappa shape index (κ3) is 1.87. The van der Waals surface area contributed by atoms with E-state index in [1.54, 1.807) is 12.1 Å². The number of carbonyl (C=O) groups excluding carboxylic acids is 1. The van der Waals surface area contributed by atoms with Crippen molar-refractivity contribution in [2.24, 2.45) is 0 Å². The molecule has 14 heavy (non-hydrogen) atoms. The van der Waals surface area contributed by atoms with Gasteiger partial charge < -0.3 is 10.4 Å². The Morgan fingerprint density at radius 1 is 1.43 bits per heavy atom. The molecule has 1 atom stereocenters. The first kappa shape index (κ1) is 9.06. The molecule has 1 aromatic rings. The number of phenolic OH excluding ortho intramolecular Hbond substituents is 1. The summed E-state index contributed by atoms with van der Waals surface area (Å²) in [7, 11) is 0. The SMILES string of the molecule is O=C1C[C@H](c2cccc(O)c2)CCN1. The number of rotatable bonds is 1. The fourth-order valence-corrected chi connectivity index (χ4v) is 1.85. The quantitative estimate of drug-likeness (QED) is 0.704.